The van der Waals surface area contributed by atoms with E-state index < -0.39 is 11.8 Å². The largest absolute Gasteiger partial charge is 0.507 e. The maximum absolute atomic E-state index is 13.2. The van der Waals surface area contributed by atoms with Crippen molar-refractivity contribution < 1.29 is 14.7 Å². The number of aromatic hydroxyl groups is 1. The van der Waals surface area contributed by atoms with Gasteiger partial charge in [0.2, 0.25) is 0 Å². The number of phenols is 1. The van der Waals surface area contributed by atoms with Gasteiger partial charge in [-0.2, -0.15) is 10.1 Å². The molecular weight excluding hydrogens is 366 g/mol. The van der Waals surface area contributed by atoms with Crippen molar-refractivity contribution in [1.29, 1.82) is 0 Å². The Morgan fingerprint density at radius 2 is 1.86 bits per heavy atom. The molecule has 1 heterocycles. The van der Waals surface area contributed by atoms with Crippen LogP contribution in [-0.2, 0) is 4.79 Å². The lowest BCUT2D eigenvalue weighted by molar-refractivity contribution is -0.129. The SMILES string of the molecule is CCCCN(C)C[C@@H]1C(=O)N(C(=O)c2ccc(C)cc2)N=C1c1ccccc1O. The maximum atomic E-state index is 13.2. The first-order chi connectivity index (χ1) is 13.9. The highest BCUT2D eigenvalue weighted by Gasteiger charge is 2.41. The second-order valence-corrected chi connectivity index (χ2v) is 7.49. The zero-order chi connectivity index (χ0) is 21.0. The summed E-state index contributed by atoms with van der Waals surface area (Å²) in [5, 5.41) is 15.6. The van der Waals surface area contributed by atoms with Gasteiger partial charge in [0.05, 0.1) is 11.6 Å². The van der Waals surface area contributed by atoms with Gasteiger partial charge in [-0.05, 0) is 51.2 Å². The number of amides is 2. The molecule has 0 saturated heterocycles. The normalized spacial score (nSPS) is 16.4. The zero-order valence-corrected chi connectivity index (χ0v) is 17.1. The summed E-state index contributed by atoms with van der Waals surface area (Å²) in [5.41, 5.74) is 2.35. The van der Waals surface area contributed by atoms with Crippen LogP contribution in [0.25, 0.3) is 0 Å². The van der Waals surface area contributed by atoms with E-state index in [-0.39, 0.29) is 11.7 Å². The third-order valence-corrected chi connectivity index (χ3v) is 5.10. The second kappa shape index (κ2) is 9.01. The molecule has 152 valence electrons. The topological polar surface area (TPSA) is 73.2 Å². The summed E-state index contributed by atoms with van der Waals surface area (Å²) < 4.78 is 0. The number of phenolic OH excluding ortho intramolecular Hbond substituents is 1. The van der Waals surface area contributed by atoms with E-state index >= 15 is 0 Å². The summed E-state index contributed by atoms with van der Waals surface area (Å²) in [7, 11) is 1.95. The van der Waals surface area contributed by atoms with Crippen LogP contribution in [-0.4, -0.2) is 52.7 Å². The van der Waals surface area contributed by atoms with Gasteiger partial charge in [0.15, 0.2) is 0 Å². The van der Waals surface area contributed by atoms with Crippen LogP contribution in [0.3, 0.4) is 0 Å². The van der Waals surface area contributed by atoms with Gasteiger partial charge >= 0.3 is 0 Å². The Labute approximate surface area is 171 Å². The predicted molar refractivity (Wildman–Crippen MR) is 113 cm³/mol. The molecule has 0 saturated carbocycles. The van der Waals surface area contributed by atoms with Gasteiger partial charge in [0.1, 0.15) is 5.75 Å². The number of aryl methyl sites for hydroxylation is 1. The van der Waals surface area contributed by atoms with Gasteiger partial charge < -0.3 is 10.0 Å². The molecule has 2 aromatic carbocycles. The molecule has 6 heteroatoms. The van der Waals surface area contributed by atoms with Gasteiger partial charge in [0, 0.05) is 17.7 Å². The molecule has 0 unspecified atom stereocenters. The summed E-state index contributed by atoms with van der Waals surface area (Å²) in [6.45, 7) is 5.33. The monoisotopic (exact) mass is 393 g/mol. The number of hydrogen-bond acceptors (Lipinski definition) is 5. The second-order valence-electron chi connectivity index (χ2n) is 7.49. The van der Waals surface area contributed by atoms with Crippen molar-refractivity contribution in [3.63, 3.8) is 0 Å². The predicted octanol–water partition coefficient (Wildman–Crippen LogP) is 3.44. The van der Waals surface area contributed by atoms with Crippen molar-refractivity contribution in [2.75, 3.05) is 20.1 Å². The molecule has 1 aliphatic heterocycles. The van der Waals surface area contributed by atoms with Crippen LogP contribution in [0, 0.1) is 12.8 Å². The van der Waals surface area contributed by atoms with Crippen molar-refractivity contribution in [1.82, 2.24) is 9.91 Å². The number of unbranched alkanes of at least 4 members (excludes halogenated alkanes) is 1. The molecule has 0 aliphatic carbocycles. The van der Waals surface area contributed by atoms with Crippen LogP contribution in [0.4, 0.5) is 0 Å². The van der Waals surface area contributed by atoms with Crippen LogP contribution in [0.15, 0.2) is 53.6 Å². The Bertz CT molecular complexity index is 921. The maximum Gasteiger partial charge on any atom is 0.281 e. The Morgan fingerprint density at radius 1 is 1.17 bits per heavy atom. The van der Waals surface area contributed by atoms with Crippen molar-refractivity contribution in [3.8, 4) is 5.75 Å². The third kappa shape index (κ3) is 4.54. The molecule has 2 aromatic rings. The number of carbonyl (C=O) groups is 2. The van der Waals surface area contributed by atoms with E-state index in [9.17, 15) is 14.7 Å². The summed E-state index contributed by atoms with van der Waals surface area (Å²) in [5.74, 6) is -1.39. The van der Waals surface area contributed by atoms with Gasteiger partial charge in [-0.25, -0.2) is 0 Å². The fraction of sp³-hybridized carbons (Fsp3) is 0.348. The summed E-state index contributed by atoms with van der Waals surface area (Å²) in [6, 6.07) is 13.8. The van der Waals surface area contributed by atoms with Crippen molar-refractivity contribution in [3.05, 3.63) is 65.2 Å². The number of benzene rings is 2. The van der Waals surface area contributed by atoms with E-state index in [2.05, 4.69) is 16.9 Å². The molecule has 0 aromatic heterocycles. The Kier molecular flexibility index (Phi) is 6.44. The molecule has 1 atom stereocenters. The Morgan fingerprint density at radius 3 is 2.52 bits per heavy atom. The molecule has 0 radical (unpaired) electrons. The molecule has 1 aliphatic rings. The molecule has 2 amide bonds. The van der Waals surface area contributed by atoms with Gasteiger partial charge in [-0.1, -0.05) is 43.2 Å². The molecule has 0 bridgehead atoms. The average molecular weight is 393 g/mol. The Balaban J connectivity index is 1.94. The fourth-order valence-electron chi connectivity index (χ4n) is 3.38. The lowest BCUT2D eigenvalue weighted by Gasteiger charge is -2.21. The van der Waals surface area contributed by atoms with Gasteiger partial charge in [-0.15, -0.1) is 0 Å². The summed E-state index contributed by atoms with van der Waals surface area (Å²) >= 11 is 0. The minimum atomic E-state index is -0.612. The number of para-hydroxylation sites is 1. The van der Waals surface area contributed by atoms with E-state index in [0.717, 1.165) is 30.0 Å². The van der Waals surface area contributed by atoms with Crippen LogP contribution < -0.4 is 0 Å². The highest BCUT2D eigenvalue weighted by molar-refractivity contribution is 6.22. The van der Waals surface area contributed by atoms with Crippen LogP contribution in [0.2, 0.25) is 0 Å². The average Bonchev–Trinajstić information content (AvgIpc) is 3.03. The van der Waals surface area contributed by atoms with Crippen LogP contribution in [0.1, 0.15) is 41.3 Å². The first-order valence-electron chi connectivity index (χ1n) is 9.92. The molecular formula is C23H27N3O3. The third-order valence-electron chi connectivity index (χ3n) is 5.10. The lowest BCUT2D eigenvalue weighted by atomic mass is 9.95. The van der Waals surface area contributed by atoms with Gasteiger partial charge in [0.25, 0.3) is 11.8 Å². The summed E-state index contributed by atoms with van der Waals surface area (Å²) in [6.07, 6.45) is 2.08. The number of nitrogens with zero attached hydrogens (tertiary/aromatic N) is 3. The van der Waals surface area contributed by atoms with Crippen molar-refractivity contribution in [2.45, 2.75) is 26.7 Å². The van der Waals surface area contributed by atoms with E-state index in [1.54, 1.807) is 36.4 Å². The lowest BCUT2D eigenvalue weighted by Crippen LogP contribution is -2.38. The molecule has 6 nitrogen and oxygen atoms in total. The number of hydrazone groups is 1. The number of hydrogen-bond donors (Lipinski definition) is 1. The van der Waals surface area contributed by atoms with Crippen LogP contribution in [0.5, 0.6) is 5.75 Å². The molecule has 1 N–H and O–H groups in total. The van der Waals surface area contributed by atoms with Crippen molar-refractivity contribution >= 4 is 17.5 Å². The van der Waals surface area contributed by atoms with Gasteiger partial charge in [-0.3, -0.25) is 9.59 Å². The first kappa shape index (κ1) is 20.7. The summed E-state index contributed by atoms with van der Waals surface area (Å²) in [4.78, 5) is 28.2. The van der Waals surface area contributed by atoms with Crippen LogP contribution >= 0.6 is 0 Å². The van der Waals surface area contributed by atoms with Crippen molar-refractivity contribution in [2.24, 2.45) is 11.0 Å². The fourth-order valence-corrected chi connectivity index (χ4v) is 3.38. The first-order valence-corrected chi connectivity index (χ1v) is 9.92. The van der Waals surface area contributed by atoms with E-state index in [1.807, 2.05) is 26.1 Å². The molecule has 3 rings (SSSR count). The number of imide groups is 1. The van der Waals surface area contributed by atoms with E-state index in [0.29, 0.717) is 23.4 Å². The highest BCUT2D eigenvalue weighted by atomic mass is 16.3. The quantitative estimate of drug-likeness (QED) is 0.732. The molecule has 0 spiro atoms. The van der Waals surface area contributed by atoms with E-state index in [4.69, 9.17) is 0 Å². The molecule has 0 fully saturated rings. The smallest absolute Gasteiger partial charge is 0.281 e. The molecule has 29 heavy (non-hydrogen) atoms. The number of carbonyl (C=O) groups excluding carboxylic acids is 2. The number of rotatable bonds is 7. The zero-order valence-electron chi connectivity index (χ0n) is 17.1. The Hall–Kier alpha value is -2.99. The minimum Gasteiger partial charge on any atom is -0.507 e. The minimum absolute atomic E-state index is 0.0462. The standard InChI is InChI=1S/C23H27N3O3/c1-4-5-14-25(3)15-19-21(18-8-6-7-9-20(18)27)24-26(23(19)29)22(28)17-12-10-16(2)11-13-17/h6-13,19,27H,4-5,14-15H2,1-3H3/t19-/m0/s1. The van der Waals surface area contributed by atoms with E-state index in [1.165, 1.54) is 0 Å². The highest BCUT2D eigenvalue weighted by Crippen LogP contribution is 2.28.